The van der Waals surface area contributed by atoms with Gasteiger partial charge in [-0.15, -0.1) is 0 Å². The topological polar surface area (TPSA) is 29.5 Å². The Kier molecular flexibility index (Phi) is 3.76. The van der Waals surface area contributed by atoms with Crippen LogP contribution in [0.25, 0.3) is 0 Å². The normalized spacial score (nSPS) is 39.1. The van der Waals surface area contributed by atoms with Crippen LogP contribution < -0.4 is 0 Å². The van der Waals surface area contributed by atoms with Crippen molar-refractivity contribution in [2.75, 3.05) is 14.2 Å². The number of rotatable bonds is 3. The highest BCUT2D eigenvalue weighted by Crippen LogP contribution is 2.45. The Balaban J connectivity index is 2.23. The molecule has 2 aliphatic heterocycles. The van der Waals surface area contributed by atoms with Crippen LogP contribution in [0.3, 0.4) is 0 Å². The Morgan fingerprint density at radius 1 is 1.47 bits per heavy atom. The molecule has 0 aromatic rings. The number of methoxy groups -OCH3 is 1. The van der Waals surface area contributed by atoms with Crippen molar-refractivity contribution in [1.29, 1.82) is 0 Å². The first-order chi connectivity index (χ1) is 8.10. The minimum Gasteiger partial charge on any atom is -0.469 e. The van der Waals surface area contributed by atoms with Crippen molar-refractivity contribution >= 4 is 5.97 Å². The summed E-state index contributed by atoms with van der Waals surface area (Å²) in [6.45, 7) is 4.50. The van der Waals surface area contributed by atoms with Crippen LogP contribution in [0.2, 0.25) is 0 Å². The summed E-state index contributed by atoms with van der Waals surface area (Å²) in [7, 11) is 3.70. The van der Waals surface area contributed by atoms with Gasteiger partial charge in [0.1, 0.15) is 0 Å². The zero-order chi connectivity index (χ0) is 12.6. The highest BCUT2D eigenvalue weighted by atomic mass is 16.5. The van der Waals surface area contributed by atoms with Gasteiger partial charge in [0, 0.05) is 12.1 Å². The summed E-state index contributed by atoms with van der Waals surface area (Å²) in [6.07, 6.45) is 4.73. The summed E-state index contributed by atoms with van der Waals surface area (Å²) in [5, 5.41) is 0. The summed E-state index contributed by atoms with van der Waals surface area (Å²) in [4.78, 5) is 14.5. The third-order valence-electron chi connectivity index (χ3n) is 5.16. The van der Waals surface area contributed by atoms with Crippen LogP contribution in [-0.4, -0.2) is 37.1 Å². The van der Waals surface area contributed by atoms with Crippen LogP contribution in [0.4, 0.5) is 0 Å². The lowest BCUT2D eigenvalue weighted by molar-refractivity contribution is -0.153. The minimum absolute atomic E-state index is 0.00694. The van der Waals surface area contributed by atoms with Crippen molar-refractivity contribution < 1.29 is 9.53 Å². The predicted octanol–water partition coefficient (Wildman–Crippen LogP) is 2.30. The second-order valence-corrected chi connectivity index (χ2v) is 5.80. The van der Waals surface area contributed by atoms with E-state index in [9.17, 15) is 4.79 Å². The fraction of sp³-hybridized carbons (Fsp3) is 0.929. The fourth-order valence-corrected chi connectivity index (χ4v) is 3.86. The number of fused-ring (bicyclic) bond motifs is 2. The number of carbonyl (C=O) groups is 1. The van der Waals surface area contributed by atoms with Crippen LogP contribution >= 0.6 is 0 Å². The molecule has 1 unspecified atom stereocenters. The molecule has 0 spiro atoms. The molecule has 98 valence electrons. The van der Waals surface area contributed by atoms with E-state index in [0.29, 0.717) is 23.9 Å². The van der Waals surface area contributed by atoms with Gasteiger partial charge in [-0.05, 0) is 38.1 Å². The molecule has 0 amide bonds. The minimum atomic E-state index is 0.00694. The number of hydrogen-bond donors (Lipinski definition) is 0. The maximum Gasteiger partial charge on any atom is 0.310 e. The molecule has 0 aliphatic carbocycles. The molecule has 2 fully saturated rings. The van der Waals surface area contributed by atoms with E-state index in [4.69, 9.17) is 4.74 Å². The number of piperidine rings is 1. The first-order valence-electron chi connectivity index (χ1n) is 6.89. The van der Waals surface area contributed by atoms with Crippen molar-refractivity contribution in [3.8, 4) is 0 Å². The molecule has 0 saturated carbocycles. The number of ether oxygens (including phenoxy) is 1. The van der Waals surface area contributed by atoms with Crippen LogP contribution in [0.1, 0.15) is 39.5 Å². The third kappa shape index (κ3) is 2.10. The Bertz CT molecular complexity index is 292. The summed E-state index contributed by atoms with van der Waals surface area (Å²) in [5.41, 5.74) is 0. The van der Waals surface area contributed by atoms with Crippen molar-refractivity contribution in [3.63, 3.8) is 0 Å². The molecule has 2 saturated heterocycles. The number of hydrogen-bond acceptors (Lipinski definition) is 3. The summed E-state index contributed by atoms with van der Waals surface area (Å²) >= 11 is 0. The predicted molar refractivity (Wildman–Crippen MR) is 67.6 cm³/mol. The first-order valence-corrected chi connectivity index (χ1v) is 6.89. The number of nitrogens with zero attached hydrogens (tertiary/aromatic N) is 1. The van der Waals surface area contributed by atoms with Gasteiger partial charge >= 0.3 is 5.97 Å². The van der Waals surface area contributed by atoms with Gasteiger partial charge in [0.05, 0.1) is 13.0 Å². The molecular formula is C14H25NO2. The second kappa shape index (κ2) is 4.97. The molecule has 17 heavy (non-hydrogen) atoms. The Morgan fingerprint density at radius 3 is 2.76 bits per heavy atom. The molecule has 0 aromatic carbocycles. The van der Waals surface area contributed by atoms with E-state index in [1.54, 1.807) is 0 Å². The van der Waals surface area contributed by atoms with E-state index in [0.717, 1.165) is 12.8 Å². The van der Waals surface area contributed by atoms with E-state index in [1.165, 1.54) is 20.0 Å². The van der Waals surface area contributed by atoms with Gasteiger partial charge < -0.3 is 4.74 Å². The van der Waals surface area contributed by atoms with Gasteiger partial charge in [-0.25, -0.2) is 0 Å². The van der Waals surface area contributed by atoms with E-state index in [2.05, 4.69) is 25.8 Å². The monoisotopic (exact) mass is 239 g/mol. The van der Waals surface area contributed by atoms with Crippen molar-refractivity contribution in [2.24, 2.45) is 17.8 Å². The average molecular weight is 239 g/mol. The summed E-state index contributed by atoms with van der Waals surface area (Å²) in [6, 6.07) is 1.11. The lowest BCUT2D eigenvalue weighted by atomic mass is 9.73. The third-order valence-corrected chi connectivity index (χ3v) is 5.16. The molecule has 3 heteroatoms. The van der Waals surface area contributed by atoms with Crippen LogP contribution in [-0.2, 0) is 9.53 Å². The number of esters is 1. The molecule has 2 aliphatic rings. The average Bonchev–Trinajstić information content (AvgIpc) is 2.59. The molecule has 3 nitrogen and oxygen atoms in total. The van der Waals surface area contributed by atoms with E-state index < -0.39 is 0 Å². The van der Waals surface area contributed by atoms with E-state index in [1.807, 2.05) is 0 Å². The quantitative estimate of drug-likeness (QED) is 0.708. The highest BCUT2D eigenvalue weighted by Gasteiger charge is 2.50. The molecule has 0 N–H and O–H groups in total. The van der Waals surface area contributed by atoms with Gasteiger partial charge in [-0.2, -0.15) is 0 Å². The van der Waals surface area contributed by atoms with Crippen LogP contribution in [0, 0.1) is 17.8 Å². The summed E-state index contributed by atoms with van der Waals surface area (Å²) in [5.74, 6) is 1.24. The van der Waals surface area contributed by atoms with Gasteiger partial charge in [0.25, 0.3) is 0 Å². The molecule has 0 radical (unpaired) electrons. The highest BCUT2D eigenvalue weighted by molar-refractivity contribution is 5.74. The number of carbonyl (C=O) groups excluding carboxylic acids is 1. The molecule has 0 aromatic heterocycles. The van der Waals surface area contributed by atoms with Crippen LogP contribution in [0.5, 0.6) is 0 Å². The van der Waals surface area contributed by atoms with E-state index >= 15 is 0 Å². The lowest BCUT2D eigenvalue weighted by Crippen LogP contribution is -2.51. The SMILES string of the molecule is CCC(C)[C@H]1C[C@@H]2CC[C@H]([C@H]1C(=O)OC)N2C. The Hall–Kier alpha value is -0.570. The first kappa shape index (κ1) is 12.9. The molecular weight excluding hydrogens is 214 g/mol. The molecule has 2 rings (SSSR count). The van der Waals surface area contributed by atoms with Crippen LogP contribution in [0.15, 0.2) is 0 Å². The smallest absolute Gasteiger partial charge is 0.310 e. The van der Waals surface area contributed by atoms with Gasteiger partial charge in [0.2, 0.25) is 0 Å². The fourth-order valence-electron chi connectivity index (χ4n) is 3.86. The Labute approximate surface area is 105 Å². The van der Waals surface area contributed by atoms with Gasteiger partial charge in [-0.3, -0.25) is 9.69 Å². The van der Waals surface area contributed by atoms with Gasteiger partial charge in [-0.1, -0.05) is 20.3 Å². The second-order valence-electron chi connectivity index (χ2n) is 5.80. The molecule has 2 bridgehead atoms. The molecule has 5 atom stereocenters. The maximum atomic E-state index is 12.1. The largest absolute Gasteiger partial charge is 0.469 e. The standard InChI is InChI=1S/C14H25NO2/c1-5-9(2)11-8-10-6-7-12(15(10)3)13(11)14(16)17-4/h9-13H,5-8H2,1-4H3/t9?,10-,11+,12+,13-/m0/s1. The van der Waals surface area contributed by atoms with Gasteiger partial charge in [0.15, 0.2) is 0 Å². The zero-order valence-corrected chi connectivity index (χ0v) is 11.5. The van der Waals surface area contributed by atoms with Crippen molar-refractivity contribution in [2.45, 2.75) is 51.6 Å². The van der Waals surface area contributed by atoms with Crippen molar-refractivity contribution in [3.05, 3.63) is 0 Å². The molecule has 2 heterocycles. The zero-order valence-electron chi connectivity index (χ0n) is 11.5. The maximum absolute atomic E-state index is 12.1. The lowest BCUT2D eigenvalue weighted by Gasteiger charge is -2.43. The Morgan fingerprint density at radius 2 is 2.18 bits per heavy atom. The van der Waals surface area contributed by atoms with Crippen molar-refractivity contribution in [1.82, 2.24) is 4.90 Å². The summed E-state index contributed by atoms with van der Waals surface area (Å²) < 4.78 is 5.05. The van der Waals surface area contributed by atoms with E-state index in [-0.39, 0.29) is 11.9 Å².